The van der Waals surface area contributed by atoms with E-state index in [9.17, 15) is 4.79 Å². The van der Waals surface area contributed by atoms with Gasteiger partial charge in [-0.2, -0.15) is 0 Å². The van der Waals surface area contributed by atoms with E-state index in [-0.39, 0.29) is 11.2 Å². The van der Waals surface area contributed by atoms with Crippen molar-refractivity contribution in [1.82, 2.24) is 15.5 Å². The van der Waals surface area contributed by atoms with Crippen LogP contribution in [0.15, 0.2) is 26.4 Å². The Kier molecular flexibility index (Phi) is 4.84. The van der Waals surface area contributed by atoms with Gasteiger partial charge in [-0.15, -0.1) is 10.2 Å². The number of furan rings is 1. The van der Waals surface area contributed by atoms with E-state index in [0.717, 1.165) is 17.7 Å². The molecule has 0 fully saturated rings. The lowest BCUT2D eigenvalue weighted by Gasteiger charge is -2.08. The van der Waals surface area contributed by atoms with E-state index in [4.69, 9.17) is 8.83 Å². The molecule has 0 saturated carbocycles. The first-order valence-electron chi connectivity index (χ1n) is 6.44. The smallest absolute Gasteiger partial charge is 0.277 e. The highest BCUT2D eigenvalue weighted by Crippen LogP contribution is 2.28. The van der Waals surface area contributed by atoms with Gasteiger partial charge in [-0.25, -0.2) is 0 Å². The van der Waals surface area contributed by atoms with Gasteiger partial charge in [-0.05, 0) is 26.3 Å². The van der Waals surface area contributed by atoms with Crippen LogP contribution in [0.25, 0.3) is 11.5 Å². The highest BCUT2D eigenvalue weighted by Gasteiger charge is 2.19. The van der Waals surface area contributed by atoms with Gasteiger partial charge in [-0.1, -0.05) is 18.7 Å². The lowest BCUT2D eigenvalue weighted by Crippen LogP contribution is -2.31. The number of thioether (sulfide) groups is 1. The zero-order valence-corrected chi connectivity index (χ0v) is 12.5. The first-order valence-corrected chi connectivity index (χ1v) is 7.32. The van der Waals surface area contributed by atoms with Crippen LogP contribution in [0.3, 0.4) is 0 Å². The predicted octanol–water partition coefficient (Wildman–Crippen LogP) is 2.64. The molecule has 0 radical (unpaired) electrons. The fourth-order valence-electron chi connectivity index (χ4n) is 1.57. The Hall–Kier alpha value is -1.76. The summed E-state index contributed by atoms with van der Waals surface area (Å²) >= 11 is 1.24. The van der Waals surface area contributed by atoms with Gasteiger partial charge in [0.15, 0.2) is 0 Å². The first-order chi connectivity index (χ1) is 9.61. The average Bonchev–Trinajstić information content (AvgIpc) is 3.04. The normalized spacial score (nSPS) is 12.3. The molecule has 2 aromatic rings. The van der Waals surface area contributed by atoms with Crippen molar-refractivity contribution in [2.24, 2.45) is 0 Å². The topological polar surface area (TPSA) is 81.2 Å². The van der Waals surface area contributed by atoms with Gasteiger partial charge in [0, 0.05) is 6.54 Å². The molecule has 2 aromatic heterocycles. The molecular weight excluding hydrogens is 278 g/mol. The zero-order valence-electron chi connectivity index (χ0n) is 11.7. The van der Waals surface area contributed by atoms with Crippen LogP contribution in [-0.2, 0) is 4.79 Å². The molecule has 6 nitrogen and oxygen atoms in total. The third kappa shape index (κ3) is 3.41. The van der Waals surface area contributed by atoms with Crippen LogP contribution in [0.4, 0.5) is 0 Å². The van der Waals surface area contributed by atoms with E-state index in [1.807, 2.05) is 20.8 Å². The third-order valence-corrected chi connectivity index (χ3v) is 3.63. The van der Waals surface area contributed by atoms with Gasteiger partial charge in [0.1, 0.15) is 5.76 Å². The summed E-state index contributed by atoms with van der Waals surface area (Å²) in [5.74, 6) is 1.09. The van der Waals surface area contributed by atoms with Crippen LogP contribution in [0.2, 0.25) is 0 Å². The molecule has 0 aliphatic heterocycles. The Morgan fingerprint density at radius 1 is 1.50 bits per heavy atom. The fourth-order valence-corrected chi connectivity index (χ4v) is 2.28. The van der Waals surface area contributed by atoms with Crippen molar-refractivity contribution in [2.75, 3.05) is 6.54 Å². The molecule has 1 N–H and O–H groups in total. The molecule has 108 valence electrons. The van der Waals surface area contributed by atoms with Crippen LogP contribution < -0.4 is 5.32 Å². The number of hydrogen-bond donors (Lipinski definition) is 1. The molecule has 20 heavy (non-hydrogen) atoms. The van der Waals surface area contributed by atoms with Crippen molar-refractivity contribution < 1.29 is 13.6 Å². The van der Waals surface area contributed by atoms with Crippen LogP contribution in [0.5, 0.6) is 0 Å². The Morgan fingerprint density at radius 2 is 2.30 bits per heavy atom. The van der Waals surface area contributed by atoms with Crippen molar-refractivity contribution in [1.29, 1.82) is 0 Å². The molecule has 0 unspecified atom stereocenters. The lowest BCUT2D eigenvalue weighted by atomic mass is 10.3. The standard InChI is InChI=1S/C13H17N3O3S/c1-4-6-14-11(17)9(3)20-13-16-15-12(19-13)10-5-7-18-8(10)2/h5,7,9H,4,6H2,1-3H3,(H,14,17)/t9-/m1/s1. The van der Waals surface area contributed by atoms with E-state index in [1.54, 1.807) is 12.3 Å². The third-order valence-electron chi connectivity index (χ3n) is 2.69. The second-order valence-electron chi connectivity index (χ2n) is 4.31. The number of rotatable bonds is 6. The quantitative estimate of drug-likeness (QED) is 0.825. The minimum absolute atomic E-state index is 0.0314. The van der Waals surface area contributed by atoms with E-state index in [0.29, 0.717) is 17.7 Å². The van der Waals surface area contributed by atoms with E-state index in [2.05, 4.69) is 15.5 Å². The zero-order chi connectivity index (χ0) is 14.5. The van der Waals surface area contributed by atoms with Crippen molar-refractivity contribution >= 4 is 17.7 Å². The molecule has 2 rings (SSSR count). The van der Waals surface area contributed by atoms with Crippen molar-refractivity contribution in [3.05, 3.63) is 18.1 Å². The van der Waals surface area contributed by atoms with Crippen LogP contribution in [-0.4, -0.2) is 27.9 Å². The molecule has 0 saturated heterocycles. The second kappa shape index (κ2) is 6.60. The van der Waals surface area contributed by atoms with Crippen LogP contribution in [0, 0.1) is 6.92 Å². The number of aryl methyl sites for hydroxylation is 1. The van der Waals surface area contributed by atoms with Crippen molar-refractivity contribution in [3.63, 3.8) is 0 Å². The molecule has 0 bridgehead atoms. The highest BCUT2D eigenvalue weighted by atomic mass is 32.2. The summed E-state index contributed by atoms with van der Waals surface area (Å²) < 4.78 is 10.7. The summed E-state index contributed by atoms with van der Waals surface area (Å²) in [6, 6.07) is 1.77. The molecule has 2 heterocycles. The summed E-state index contributed by atoms with van der Waals surface area (Å²) in [5, 5.41) is 10.8. The van der Waals surface area contributed by atoms with Crippen molar-refractivity contribution in [3.8, 4) is 11.5 Å². The summed E-state index contributed by atoms with van der Waals surface area (Å²) in [6.07, 6.45) is 2.48. The van der Waals surface area contributed by atoms with Gasteiger partial charge in [0.2, 0.25) is 5.91 Å². The second-order valence-corrected chi connectivity index (χ2v) is 5.61. The monoisotopic (exact) mass is 295 g/mol. The van der Waals surface area contributed by atoms with E-state index >= 15 is 0 Å². The number of aromatic nitrogens is 2. The number of nitrogens with one attached hydrogen (secondary N) is 1. The van der Waals surface area contributed by atoms with Gasteiger partial charge in [0.25, 0.3) is 11.1 Å². The Bertz CT molecular complexity index is 579. The van der Waals surface area contributed by atoms with Crippen LogP contribution >= 0.6 is 11.8 Å². The fraction of sp³-hybridized carbons (Fsp3) is 0.462. The van der Waals surface area contributed by atoms with Gasteiger partial charge < -0.3 is 14.2 Å². The average molecular weight is 295 g/mol. The Balaban J connectivity index is 1.99. The van der Waals surface area contributed by atoms with Crippen LogP contribution in [0.1, 0.15) is 26.0 Å². The van der Waals surface area contributed by atoms with Gasteiger partial charge >= 0.3 is 0 Å². The SMILES string of the molecule is CCCNC(=O)[C@@H](C)Sc1nnc(-c2ccoc2C)o1. The molecule has 0 aliphatic carbocycles. The Labute approximate surface area is 121 Å². The maximum atomic E-state index is 11.8. The summed E-state index contributed by atoms with van der Waals surface area (Å²) in [5.41, 5.74) is 0.771. The molecule has 0 aromatic carbocycles. The minimum atomic E-state index is -0.278. The summed E-state index contributed by atoms with van der Waals surface area (Å²) in [4.78, 5) is 11.8. The number of amides is 1. The largest absolute Gasteiger partial charge is 0.469 e. The maximum Gasteiger partial charge on any atom is 0.277 e. The summed E-state index contributed by atoms with van der Waals surface area (Å²) in [7, 11) is 0. The van der Waals surface area contributed by atoms with Crippen molar-refractivity contribution in [2.45, 2.75) is 37.7 Å². The number of carbonyl (C=O) groups is 1. The number of nitrogens with zero attached hydrogens (tertiary/aromatic N) is 2. The maximum absolute atomic E-state index is 11.8. The minimum Gasteiger partial charge on any atom is -0.469 e. The molecule has 0 aliphatic rings. The molecule has 0 spiro atoms. The lowest BCUT2D eigenvalue weighted by molar-refractivity contribution is -0.120. The van der Waals surface area contributed by atoms with E-state index in [1.165, 1.54) is 11.8 Å². The molecular formula is C13H17N3O3S. The van der Waals surface area contributed by atoms with Gasteiger partial charge in [-0.3, -0.25) is 4.79 Å². The highest BCUT2D eigenvalue weighted by molar-refractivity contribution is 8.00. The molecule has 1 amide bonds. The number of hydrogen-bond acceptors (Lipinski definition) is 6. The number of carbonyl (C=O) groups excluding carboxylic acids is 1. The first kappa shape index (κ1) is 14.6. The molecule has 7 heteroatoms. The van der Waals surface area contributed by atoms with Gasteiger partial charge in [0.05, 0.1) is 17.1 Å². The van der Waals surface area contributed by atoms with E-state index < -0.39 is 0 Å². The summed E-state index contributed by atoms with van der Waals surface area (Å²) in [6.45, 7) is 6.32. The molecule has 1 atom stereocenters. The Morgan fingerprint density at radius 3 is 2.95 bits per heavy atom. The predicted molar refractivity (Wildman–Crippen MR) is 75.4 cm³/mol.